The van der Waals surface area contributed by atoms with Crippen molar-refractivity contribution < 1.29 is 23.0 Å². The quantitative estimate of drug-likeness (QED) is 0.446. The number of nitrogens with zero attached hydrogens (tertiary/aromatic N) is 1. The predicted molar refractivity (Wildman–Crippen MR) is 114 cm³/mol. The zero-order valence-corrected chi connectivity index (χ0v) is 17.6. The van der Waals surface area contributed by atoms with Crippen LogP contribution in [0, 0.1) is 6.92 Å². The molecule has 2 aromatic carbocycles. The minimum absolute atomic E-state index is 0.0936. The smallest absolute Gasteiger partial charge is 0.387 e. The number of hydrogen-bond donors (Lipinski definition) is 0. The highest BCUT2D eigenvalue weighted by molar-refractivity contribution is 7.11. The van der Waals surface area contributed by atoms with Gasteiger partial charge in [-0.15, -0.1) is 11.3 Å². The molecule has 3 rings (SSSR count). The third kappa shape index (κ3) is 5.79. The second-order valence-electron chi connectivity index (χ2n) is 6.72. The number of carbonyl (C=O) groups excluding carboxylic acids is 1. The van der Waals surface area contributed by atoms with Crippen LogP contribution in [-0.2, 0) is 13.0 Å². The van der Waals surface area contributed by atoms with Gasteiger partial charge in [0.15, 0.2) is 11.5 Å². The molecule has 0 spiro atoms. The van der Waals surface area contributed by atoms with Crippen molar-refractivity contribution in [3.63, 3.8) is 0 Å². The molecule has 30 heavy (non-hydrogen) atoms. The van der Waals surface area contributed by atoms with Crippen LogP contribution in [0.3, 0.4) is 0 Å². The Morgan fingerprint density at radius 1 is 1.07 bits per heavy atom. The second-order valence-corrected chi connectivity index (χ2v) is 8.09. The number of thiophene rings is 1. The molecule has 0 aliphatic rings. The van der Waals surface area contributed by atoms with Crippen LogP contribution in [-0.4, -0.2) is 31.1 Å². The summed E-state index contributed by atoms with van der Waals surface area (Å²) >= 11 is 1.65. The van der Waals surface area contributed by atoms with Gasteiger partial charge in [-0.2, -0.15) is 8.78 Å². The van der Waals surface area contributed by atoms with Crippen LogP contribution >= 0.6 is 11.3 Å². The van der Waals surface area contributed by atoms with Gasteiger partial charge in [-0.25, -0.2) is 0 Å². The fourth-order valence-electron chi connectivity index (χ4n) is 3.10. The Kier molecular flexibility index (Phi) is 7.41. The van der Waals surface area contributed by atoms with Crippen molar-refractivity contribution in [3.8, 4) is 11.5 Å². The molecule has 1 heterocycles. The van der Waals surface area contributed by atoms with E-state index in [0.29, 0.717) is 25.1 Å². The molecular formula is C23H23F2NO3S. The van der Waals surface area contributed by atoms with Crippen molar-refractivity contribution in [2.45, 2.75) is 26.5 Å². The summed E-state index contributed by atoms with van der Waals surface area (Å²) in [5.74, 6) is -0.205. The molecule has 0 bridgehead atoms. The number of hydrogen-bond acceptors (Lipinski definition) is 4. The van der Waals surface area contributed by atoms with Crippen molar-refractivity contribution in [3.05, 3.63) is 81.5 Å². The van der Waals surface area contributed by atoms with Gasteiger partial charge in [0, 0.05) is 21.9 Å². The van der Waals surface area contributed by atoms with Gasteiger partial charge < -0.3 is 14.4 Å². The molecule has 0 unspecified atom stereocenters. The summed E-state index contributed by atoms with van der Waals surface area (Å²) in [6, 6.07) is 18.2. The number of ether oxygens (including phenoxy) is 2. The number of alkyl halides is 2. The zero-order chi connectivity index (χ0) is 21.5. The lowest BCUT2D eigenvalue weighted by Gasteiger charge is -2.23. The van der Waals surface area contributed by atoms with Gasteiger partial charge in [0.25, 0.3) is 5.91 Å². The van der Waals surface area contributed by atoms with E-state index in [9.17, 15) is 13.6 Å². The molecule has 0 aliphatic carbocycles. The average molecular weight is 432 g/mol. The van der Waals surface area contributed by atoms with E-state index < -0.39 is 6.61 Å². The lowest BCUT2D eigenvalue weighted by Crippen LogP contribution is -2.32. The van der Waals surface area contributed by atoms with Crippen LogP contribution in [0.1, 0.15) is 25.7 Å². The van der Waals surface area contributed by atoms with Crippen molar-refractivity contribution >= 4 is 17.2 Å². The fourth-order valence-corrected chi connectivity index (χ4v) is 4.00. The van der Waals surface area contributed by atoms with Crippen LogP contribution in [0.25, 0.3) is 0 Å². The van der Waals surface area contributed by atoms with E-state index in [1.54, 1.807) is 16.2 Å². The molecule has 0 radical (unpaired) electrons. The predicted octanol–water partition coefficient (Wildman–Crippen LogP) is 5.55. The highest BCUT2D eigenvalue weighted by atomic mass is 32.1. The fraction of sp³-hybridized carbons (Fsp3) is 0.261. The van der Waals surface area contributed by atoms with Gasteiger partial charge in [-0.3, -0.25) is 4.79 Å². The van der Waals surface area contributed by atoms with Crippen LogP contribution in [0.4, 0.5) is 8.78 Å². The molecule has 0 atom stereocenters. The van der Waals surface area contributed by atoms with E-state index in [2.05, 4.69) is 4.74 Å². The maximum absolute atomic E-state index is 13.3. The number of benzene rings is 2. The lowest BCUT2D eigenvalue weighted by molar-refractivity contribution is -0.0512. The second kappa shape index (κ2) is 10.2. The first-order valence-electron chi connectivity index (χ1n) is 9.47. The maximum atomic E-state index is 13.3. The maximum Gasteiger partial charge on any atom is 0.387 e. The van der Waals surface area contributed by atoms with Crippen molar-refractivity contribution in [1.29, 1.82) is 0 Å². The Labute approximate surface area is 178 Å². The first-order chi connectivity index (χ1) is 14.5. The summed E-state index contributed by atoms with van der Waals surface area (Å²) in [4.78, 5) is 17.3. The van der Waals surface area contributed by atoms with Gasteiger partial charge in [-0.1, -0.05) is 30.3 Å². The molecular weight excluding hydrogens is 408 g/mol. The third-order valence-corrected chi connectivity index (χ3v) is 5.56. The van der Waals surface area contributed by atoms with E-state index in [4.69, 9.17) is 4.74 Å². The number of carbonyl (C=O) groups is 1. The van der Waals surface area contributed by atoms with E-state index in [0.717, 1.165) is 10.4 Å². The number of amides is 1. The first kappa shape index (κ1) is 21.8. The van der Waals surface area contributed by atoms with Gasteiger partial charge in [0.2, 0.25) is 0 Å². The van der Waals surface area contributed by atoms with Crippen LogP contribution < -0.4 is 9.47 Å². The number of rotatable bonds is 9. The molecule has 0 saturated heterocycles. The lowest BCUT2D eigenvalue weighted by atomic mass is 10.1. The molecule has 0 aliphatic heterocycles. The summed E-state index contributed by atoms with van der Waals surface area (Å²) in [6.07, 6.45) is 0.709. The van der Waals surface area contributed by atoms with Crippen LogP contribution in [0.15, 0.2) is 60.7 Å². The number of halogens is 2. The number of aryl methyl sites for hydroxylation is 1. The van der Waals surface area contributed by atoms with E-state index in [1.807, 2.05) is 49.4 Å². The largest absolute Gasteiger partial charge is 0.493 e. The summed E-state index contributed by atoms with van der Waals surface area (Å²) in [7, 11) is 1.35. The molecule has 1 aromatic heterocycles. The Morgan fingerprint density at radius 3 is 2.47 bits per heavy atom. The molecule has 158 valence electrons. The van der Waals surface area contributed by atoms with E-state index in [-0.39, 0.29) is 17.4 Å². The minimum atomic E-state index is -2.97. The standard InChI is InChI=1S/C23H23F2NO3S/c1-16-8-10-19(30-16)15-26(13-12-17-6-4-3-5-7-17)22(27)18-9-11-20(29-23(24)25)21(14-18)28-2/h3-11,14,23H,12-13,15H2,1-2H3. The minimum Gasteiger partial charge on any atom is -0.493 e. The Balaban J connectivity index is 1.82. The normalized spacial score (nSPS) is 10.8. The van der Waals surface area contributed by atoms with Crippen LogP contribution in [0.2, 0.25) is 0 Å². The molecule has 0 N–H and O–H groups in total. The van der Waals surface area contributed by atoms with Gasteiger partial charge >= 0.3 is 6.61 Å². The Bertz CT molecular complexity index is 976. The Morgan fingerprint density at radius 2 is 1.83 bits per heavy atom. The van der Waals surface area contributed by atoms with Gasteiger partial charge in [0.05, 0.1) is 13.7 Å². The topological polar surface area (TPSA) is 38.8 Å². The molecule has 1 amide bonds. The molecule has 0 saturated carbocycles. The highest BCUT2D eigenvalue weighted by Crippen LogP contribution is 2.30. The van der Waals surface area contributed by atoms with Gasteiger partial charge in [-0.05, 0) is 49.2 Å². The molecule has 0 fully saturated rings. The first-order valence-corrected chi connectivity index (χ1v) is 10.3. The van der Waals surface area contributed by atoms with Crippen LogP contribution in [0.5, 0.6) is 11.5 Å². The van der Waals surface area contributed by atoms with E-state index >= 15 is 0 Å². The average Bonchev–Trinajstić information content (AvgIpc) is 3.16. The SMILES string of the molecule is COc1cc(C(=O)N(CCc2ccccc2)Cc2ccc(C)s2)ccc1OC(F)F. The van der Waals surface area contributed by atoms with Crippen molar-refractivity contribution in [2.75, 3.05) is 13.7 Å². The van der Waals surface area contributed by atoms with Gasteiger partial charge in [0.1, 0.15) is 0 Å². The summed E-state index contributed by atoms with van der Waals surface area (Å²) in [5.41, 5.74) is 1.49. The van der Waals surface area contributed by atoms with Crippen molar-refractivity contribution in [1.82, 2.24) is 4.90 Å². The number of methoxy groups -OCH3 is 1. The molecule has 3 aromatic rings. The monoisotopic (exact) mass is 431 g/mol. The molecule has 7 heteroatoms. The van der Waals surface area contributed by atoms with Crippen molar-refractivity contribution in [2.24, 2.45) is 0 Å². The highest BCUT2D eigenvalue weighted by Gasteiger charge is 2.20. The van der Waals surface area contributed by atoms with E-state index in [1.165, 1.54) is 30.2 Å². The Hall–Kier alpha value is -2.93. The summed E-state index contributed by atoms with van der Waals surface area (Å²) in [6.45, 7) is 0.0562. The molecule has 4 nitrogen and oxygen atoms in total. The summed E-state index contributed by atoms with van der Waals surface area (Å²) < 4.78 is 34.8. The summed E-state index contributed by atoms with van der Waals surface area (Å²) in [5, 5.41) is 0. The third-order valence-electron chi connectivity index (χ3n) is 4.57. The zero-order valence-electron chi connectivity index (χ0n) is 16.8.